The third-order valence-corrected chi connectivity index (χ3v) is 10.3. The number of carbonyl (C=O) groups excluding carboxylic acids is 3. The summed E-state index contributed by atoms with van der Waals surface area (Å²) in [7, 11) is 1.71. The number of hydrogen-bond acceptors (Lipinski definition) is 5. The minimum atomic E-state index is -1.17. The van der Waals surface area contributed by atoms with Crippen LogP contribution in [0.2, 0.25) is 0 Å². The molecule has 1 spiro atoms. The van der Waals surface area contributed by atoms with Crippen LogP contribution >= 0.6 is 0 Å². The molecule has 3 aliphatic heterocycles. The van der Waals surface area contributed by atoms with Gasteiger partial charge in [-0.1, -0.05) is 68.7 Å². The zero-order chi connectivity index (χ0) is 29.5. The fourth-order valence-electron chi connectivity index (χ4n) is 8.33. The first-order chi connectivity index (χ1) is 19.7. The first-order valence-corrected chi connectivity index (χ1v) is 15.1. The van der Waals surface area contributed by atoms with Crippen LogP contribution in [0.15, 0.2) is 55.6 Å². The van der Waals surface area contributed by atoms with Gasteiger partial charge in [0.2, 0.25) is 17.7 Å². The van der Waals surface area contributed by atoms with Crippen LogP contribution < -0.4 is 0 Å². The zero-order valence-corrected chi connectivity index (χ0v) is 24.7. The molecule has 8 nitrogen and oxygen atoms in total. The highest BCUT2D eigenvalue weighted by Gasteiger charge is 2.80. The van der Waals surface area contributed by atoms with Crippen molar-refractivity contribution in [3.8, 4) is 0 Å². The van der Waals surface area contributed by atoms with E-state index >= 15 is 0 Å². The molecule has 8 heteroatoms. The van der Waals surface area contributed by atoms with Crippen molar-refractivity contribution in [1.29, 1.82) is 0 Å². The van der Waals surface area contributed by atoms with Gasteiger partial charge in [0.05, 0.1) is 30.1 Å². The average molecular weight is 564 g/mol. The number of fused-ring (bicyclic) bond motifs is 1. The molecule has 1 aliphatic carbocycles. The first kappa shape index (κ1) is 29.5. The van der Waals surface area contributed by atoms with Crippen molar-refractivity contribution >= 4 is 17.7 Å². The topological polar surface area (TPSA) is 90.4 Å². The Morgan fingerprint density at radius 2 is 1.78 bits per heavy atom. The van der Waals surface area contributed by atoms with Crippen molar-refractivity contribution in [3.05, 3.63) is 61.2 Å². The fraction of sp³-hybridized carbons (Fsp3) is 0.606. The van der Waals surface area contributed by atoms with Gasteiger partial charge in [-0.3, -0.25) is 14.4 Å². The predicted molar refractivity (Wildman–Crippen MR) is 157 cm³/mol. The van der Waals surface area contributed by atoms with E-state index in [0.717, 1.165) is 37.7 Å². The van der Waals surface area contributed by atoms with E-state index in [1.165, 1.54) is 0 Å². The Kier molecular flexibility index (Phi) is 8.18. The van der Waals surface area contributed by atoms with E-state index in [0.29, 0.717) is 19.5 Å². The second kappa shape index (κ2) is 11.4. The summed E-state index contributed by atoms with van der Waals surface area (Å²) in [5.41, 5.74) is -1.33. The maximum absolute atomic E-state index is 14.9. The lowest BCUT2D eigenvalue weighted by Gasteiger charge is -2.42. The zero-order valence-electron chi connectivity index (χ0n) is 24.7. The highest BCUT2D eigenvalue weighted by atomic mass is 16.5. The number of rotatable bonds is 10. The lowest BCUT2D eigenvalue weighted by molar-refractivity contribution is -0.159. The lowest BCUT2D eigenvalue weighted by atomic mass is 9.62. The molecule has 3 saturated heterocycles. The van der Waals surface area contributed by atoms with Gasteiger partial charge in [-0.15, -0.1) is 13.2 Å². The SMILES string of the molecule is C=CCN(C)C(=O)[C@H]1[C@H]2C(=O)N([C@H](CO)c3ccccc3)C(C(=O)N(CC=C)C3CCCCC3)C23CC(C)[C@]1(C)O3. The number of carbonyl (C=O) groups is 3. The summed E-state index contributed by atoms with van der Waals surface area (Å²) in [5, 5.41) is 10.8. The van der Waals surface area contributed by atoms with Crippen LogP contribution in [0.3, 0.4) is 0 Å². The summed E-state index contributed by atoms with van der Waals surface area (Å²) in [5.74, 6) is -2.28. The molecule has 4 aliphatic rings. The third kappa shape index (κ3) is 4.54. The molecule has 3 unspecified atom stereocenters. The van der Waals surface area contributed by atoms with E-state index < -0.39 is 35.1 Å². The number of likely N-dealkylation sites (tertiary alicyclic amines) is 1. The van der Waals surface area contributed by atoms with Crippen molar-refractivity contribution in [2.75, 3.05) is 26.7 Å². The van der Waals surface area contributed by atoms with Crippen molar-refractivity contribution in [2.24, 2.45) is 17.8 Å². The predicted octanol–water partition coefficient (Wildman–Crippen LogP) is 3.72. The Bertz CT molecular complexity index is 1180. The van der Waals surface area contributed by atoms with E-state index in [1.54, 1.807) is 29.0 Å². The number of amides is 3. The maximum atomic E-state index is 14.9. The molecule has 222 valence electrons. The van der Waals surface area contributed by atoms with Crippen molar-refractivity contribution in [3.63, 3.8) is 0 Å². The molecular formula is C33H45N3O5. The highest BCUT2D eigenvalue weighted by Crippen LogP contribution is 2.66. The molecular weight excluding hydrogens is 518 g/mol. The quantitative estimate of drug-likeness (QED) is 0.439. The summed E-state index contributed by atoms with van der Waals surface area (Å²) < 4.78 is 6.94. The van der Waals surface area contributed by atoms with Gasteiger partial charge < -0.3 is 24.5 Å². The van der Waals surface area contributed by atoms with Gasteiger partial charge in [0, 0.05) is 26.2 Å². The number of hydrogen-bond donors (Lipinski definition) is 1. The summed E-state index contributed by atoms with van der Waals surface area (Å²) in [6.07, 6.45) is 8.95. The Hall–Kier alpha value is -2.97. The average Bonchev–Trinajstić information content (AvgIpc) is 3.49. The van der Waals surface area contributed by atoms with Gasteiger partial charge in [-0.05, 0) is 37.7 Å². The van der Waals surface area contributed by atoms with Crippen LogP contribution in [0.4, 0.5) is 0 Å². The molecule has 5 rings (SSSR count). The van der Waals surface area contributed by atoms with Gasteiger partial charge in [0.15, 0.2) is 0 Å². The molecule has 1 aromatic rings. The normalized spacial score (nSPS) is 33.4. The monoisotopic (exact) mass is 563 g/mol. The Morgan fingerprint density at radius 3 is 2.39 bits per heavy atom. The molecule has 1 saturated carbocycles. The highest BCUT2D eigenvalue weighted by molar-refractivity contribution is 5.99. The van der Waals surface area contributed by atoms with E-state index in [2.05, 4.69) is 20.1 Å². The molecule has 7 atom stereocenters. The van der Waals surface area contributed by atoms with Gasteiger partial charge in [-0.2, -0.15) is 0 Å². The summed E-state index contributed by atoms with van der Waals surface area (Å²) in [6.45, 7) is 12.1. The van der Waals surface area contributed by atoms with Crippen LogP contribution in [-0.2, 0) is 19.1 Å². The largest absolute Gasteiger partial charge is 0.394 e. The molecule has 1 aromatic carbocycles. The van der Waals surface area contributed by atoms with Crippen LogP contribution in [0.1, 0.15) is 64.0 Å². The molecule has 0 aromatic heterocycles. The Balaban J connectivity index is 1.66. The fourth-order valence-corrected chi connectivity index (χ4v) is 8.33. The van der Waals surface area contributed by atoms with E-state index in [9.17, 15) is 19.5 Å². The second-order valence-electron chi connectivity index (χ2n) is 12.6. The molecule has 4 fully saturated rings. The van der Waals surface area contributed by atoms with Crippen molar-refractivity contribution in [1.82, 2.24) is 14.7 Å². The maximum Gasteiger partial charge on any atom is 0.248 e. The summed E-state index contributed by atoms with van der Waals surface area (Å²) in [4.78, 5) is 48.7. The van der Waals surface area contributed by atoms with Gasteiger partial charge in [-0.25, -0.2) is 0 Å². The lowest BCUT2D eigenvalue weighted by Crippen LogP contribution is -2.59. The van der Waals surface area contributed by atoms with E-state index in [1.807, 2.05) is 42.2 Å². The Labute approximate surface area is 244 Å². The molecule has 0 radical (unpaired) electrons. The number of benzene rings is 1. The van der Waals surface area contributed by atoms with Gasteiger partial charge >= 0.3 is 0 Å². The number of ether oxygens (including phenoxy) is 1. The first-order valence-electron chi connectivity index (χ1n) is 15.1. The van der Waals surface area contributed by atoms with Gasteiger partial charge in [0.1, 0.15) is 11.6 Å². The van der Waals surface area contributed by atoms with Gasteiger partial charge in [0.25, 0.3) is 0 Å². The molecule has 3 heterocycles. The van der Waals surface area contributed by atoms with Crippen LogP contribution in [-0.4, -0.2) is 87.6 Å². The molecule has 2 bridgehead atoms. The summed E-state index contributed by atoms with van der Waals surface area (Å²) in [6, 6.07) is 7.68. The van der Waals surface area contributed by atoms with Crippen LogP contribution in [0, 0.1) is 17.8 Å². The second-order valence-corrected chi connectivity index (χ2v) is 12.6. The number of aliphatic hydroxyl groups is 1. The smallest absolute Gasteiger partial charge is 0.248 e. The minimum absolute atomic E-state index is 0.0497. The molecule has 1 N–H and O–H groups in total. The van der Waals surface area contributed by atoms with Crippen molar-refractivity contribution < 1.29 is 24.2 Å². The molecule has 3 amide bonds. The van der Waals surface area contributed by atoms with E-state index in [-0.39, 0.29) is 36.3 Å². The number of likely N-dealkylation sites (N-methyl/N-ethyl adjacent to an activating group) is 1. The molecule has 41 heavy (non-hydrogen) atoms. The summed E-state index contributed by atoms with van der Waals surface area (Å²) >= 11 is 0. The Morgan fingerprint density at radius 1 is 1.12 bits per heavy atom. The number of aliphatic hydroxyl groups excluding tert-OH is 1. The number of nitrogens with zero attached hydrogens (tertiary/aromatic N) is 3. The standard InChI is InChI=1S/C33H45N3O5/c1-6-18-34(5)29(38)26-27-30(39)36(25(21-37)23-14-10-8-11-15-23)28(33(27)20-22(3)32(26,4)41-33)31(40)35(19-7-2)24-16-12-9-13-17-24/h6-8,10-11,14-15,22,24-28,37H,1-2,9,12-13,16-21H2,3-5H3/t22?,25-,26-,27+,28?,32+,33?/m1/s1. The van der Waals surface area contributed by atoms with Crippen LogP contribution in [0.5, 0.6) is 0 Å². The minimum Gasteiger partial charge on any atom is -0.394 e. The third-order valence-electron chi connectivity index (χ3n) is 10.3. The van der Waals surface area contributed by atoms with Crippen LogP contribution in [0.25, 0.3) is 0 Å². The van der Waals surface area contributed by atoms with Crippen molar-refractivity contribution in [2.45, 2.75) is 81.7 Å². The van der Waals surface area contributed by atoms with E-state index in [4.69, 9.17) is 4.74 Å².